The molecule has 0 radical (unpaired) electrons. The molecule has 1 aromatic rings. The first kappa shape index (κ1) is 19.9. The molecule has 1 aliphatic heterocycles. The van der Waals surface area contributed by atoms with Crippen molar-refractivity contribution in [2.75, 3.05) is 25.9 Å². The van der Waals surface area contributed by atoms with Gasteiger partial charge in [-0.25, -0.2) is 8.42 Å². The van der Waals surface area contributed by atoms with Crippen LogP contribution in [0.2, 0.25) is 0 Å². The number of hydrogen-bond donors (Lipinski definition) is 1. The van der Waals surface area contributed by atoms with Crippen LogP contribution in [0, 0.1) is 0 Å². The number of morpholine rings is 1. The van der Waals surface area contributed by atoms with Crippen LogP contribution >= 0.6 is 0 Å². The van der Waals surface area contributed by atoms with Gasteiger partial charge in [-0.2, -0.15) is 0 Å². The number of ether oxygens (including phenoxy) is 1. The van der Waals surface area contributed by atoms with Gasteiger partial charge in [-0.15, -0.1) is 0 Å². The highest BCUT2D eigenvalue weighted by atomic mass is 32.2. The smallest absolute Gasteiger partial charge is 0.251 e. The van der Waals surface area contributed by atoms with E-state index < -0.39 is 9.84 Å². The van der Waals surface area contributed by atoms with Gasteiger partial charge in [0.05, 0.1) is 17.1 Å². The van der Waals surface area contributed by atoms with Crippen LogP contribution in [0.4, 0.5) is 0 Å². The van der Waals surface area contributed by atoms with Crippen LogP contribution in [0.5, 0.6) is 0 Å². The van der Waals surface area contributed by atoms with Gasteiger partial charge in [0, 0.05) is 37.0 Å². The average molecular weight is 368 g/mol. The molecule has 0 aliphatic carbocycles. The summed E-state index contributed by atoms with van der Waals surface area (Å²) in [5.41, 5.74) is 0.124. The Morgan fingerprint density at radius 2 is 1.88 bits per heavy atom. The lowest BCUT2D eigenvalue weighted by molar-refractivity contribution is -0.0948. The summed E-state index contributed by atoms with van der Waals surface area (Å²) in [5, 5.41) is 2.93. The fourth-order valence-electron chi connectivity index (χ4n) is 3.05. The maximum absolute atomic E-state index is 12.4. The Balaban J connectivity index is 2.04. The van der Waals surface area contributed by atoms with Crippen LogP contribution < -0.4 is 5.32 Å². The van der Waals surface area contributed by atoms with Gasteiger partial charge in [0.25, 0.3) is 5.91 Å². The number of rotatable bonds is 5. The van der Waals surface area contributed by atoms with Gasteiger partial charge in [0.2, 0.25) is 0 Å². The van der Waals surface area contributed by atoms with Crippen LogP contribution in [0.1, 0.15) is 38.1 Å². The van der Waals surface area contributed by atoms with Crippen LogP contribution in [-0.2, 0) is 14.6 Å². The van der Waals surface area contributed by atoms with Crippen LogP contribution in [-0.4, -0.2) is 62.9 Å². The van der Waals surface area contributed by atoms with Crippen molar-refractivity contribution in [3.8, 4) is 0 Å². The molecule has 1 heterocycles. The molecule has 1 aromatic carbocycles. The Kier molecular flexibility index (Phi) is 5.91. The molecule has 1 saturated heterocycles. The van der Waals surface area contributed by atoms with E-state index in [9.17, 15) is 13.2 Å². The third kappa shape index (κ3) is 5.26. The van der Waals surface area contributed by atoms with E-state index in [1.807, 2.05) is 13.8 Å². The largest absolute Gasteiger partial charge is 0.373 e. The Morgan fingerprint density at radius 1 is 1.28 bits per heavy atom. The summed E-state index contributed by atoms with van der Waals surface area (Å²) in [6.07, 6.45) is 1.45. The molecule has 1 fully saturated rings. The molecule has 1 aliphatic rings. The van der Waals surface area contributed by atoms with E-state index in [0.717, 1.165) is 19.3 Å². The Bertz CT molecular complexity index is 720. The molecule has 140 valence electrons. The maximum atomic E-state index is 12.4. The Labute approximate surface area is 150 Å². The maximum Gasteiger partial charge on any atom is 0.251 e. The highest BCUT2D eigenvalue weighted by Gasteiger charge is 2.33. The van der Waals surface area contributed by atoms with E-state index in [2.05, 4.69) is 24.1 Å². The summed E-state index contributed by atoms with van der Waals surface area (Å²) in [7, 11) is -3.33. The minimum Gasteiger partial charge on any atom is -0.373 e. The third-order valence-corrected chi connectivity index (χ3v) is 5.59. The fraction of sp³-hybridized carbons (Fsp3) is 0.611. The predicted octanol–water partition coefficient (Wildman–Crippen LogP) is 1.71. The average Bonchev–Trinajstić information content (AvgIpc) is 2.51. The van der Waals surface area contributed by atoms with E-state index in [4.69, 9.17) is 4.74 Å². The second-order valence-corrected chi connectivity index (χ2v) is 9.47. The first-order valence-electron chi connectivity index (χ1n) is 8.48. The van der Waals surface area contributed by atoms with Crippen molar-refractivity contribution < 1.29 is 17.9 Å². The second-order valence-electron chi connectivity index (χ2n) is 7.46. The van der Waals surface area contributed by atoms with E-state index in [1.54, 1.807) is 12.1 Å². The first-order valence-corrected chi connectivity index (χ1v) is 10.4. The van der Waals surface area contributed by atoms with Crippen molar-refractivity contribution in [2.24, 2.45) is 0 Å². The van der Waals surface area contributed by atoms with Crippen molar-refractivity contribution >= 4 is 15.7 Å². The zero-order valence-corrected chi connectivity index (χ0v) is 16.4. The van der Waals surface area contributed by atoms with E-state index in [1.165, 1.54) is 12.1 Å². The lowest BCUT2D eigenvalue weighted by atomic mass is 10.00. The number of carbonyl (C=O) groups excluding carboxylic acids is 1. The first-order chi connectivity index (χ1) is 11.5. The fourth-order valence-corrected chi connectivity index (χ4v) is 3.72. The molecule has 6 nitrogen and oxygen atoms in total. The minimum atomic E-state index is -3.33. The molecular formula is C18H28N2O4S. The lowest BCUT2D eigenvalue weighted by Gasteiger charge is -2.45. The molecule has 25 heavy (non-hydrogen) atoms. The molecule has 2 atom stereocenters. The van der Waals surface area contributed by atoms with Gasteiger partial charge in [-0.05, 0) is 45.9 Å². The summed E-state index contributed by atoms with van der Waals surface area (Å²) in [6, 6.07) is 6.11. The molecule has 0 aromatic heterocycles. The lowest BCUT2D eigenvalue weighted by Crippen LogP contribution is -2.58. The van der Waals surface area contributed by atoms with Gasteiger partial charge >= 0.3 is 0 Å². The van der Waals surface area contributed by atoms with E-state index in [-0.39, 0.29) is 28.5 Å². The zero-order valence-electron chi connectivity index (χ0n) is 15.6. The summed E-state index contributed by atoms with van der Waals surface area (Å²) in [4.78, 5) is 14.9. The zero-order chi connectivity index (χ0) is 18.8. The van der Waals surface area contributed by atoms with E-state index >= 15 is 0 Å². The van der Waals surface area contributed by atoms with Crippen molar-refractivity contribution in [2.45, 2.75) is 50.3 Å². The monoisotopic (exact) mass is 368 g/mol. The number of nitrogens with zero attached hydrogens (tertiary/aromatic N) is 1. The minimum absolute atomic E-state index is 0.148. The van der Waals surface area contributed by atoms with Crippen LogP contribution in [0.3, 0.4) is 0 Å². The number of nitrogens with one attached hydrogen (secondary N) is 1. The molecule has 0 bridgehead atoms. The van der Waals surface area contributed by atoms with Crippen LogP contribution in [0.25, 0.3) is 0 Å². The van der Waals surface area contributed by atoms with Crippen LogP contribution in [0.15, 0.2) is 29.2 Å². The number of amides is 1. The molecule has 0 spiro atoms. The molecule has 7 heteroatoms. The standard InChI is InChI=1S/C18H28N2O4S/c1-13-10-20(11-14(2)24-13)18(3,4)12-19-17(21)15-7-6-8-16(9-15)25(5,22)23/h6-9,13-14H,10-12H2,1-5H3,(H,19,21)/t13-,14-/m1/s1. The highest BCUT2D eigenvalue weighted by molar-refractivity contribution is 7.90. The molecular weight excluding hydrogens is 340 g/mol. The summed E-state index contributed by atoms with van der Waals surface area (Å²) in [5.74, 6) is -0.270. The SMILES string of the molecule is C[C@@H]1CN(C(C)(C)CNC(=O)c2cccc(S(C)(=O)=O)c2)C[C@@H](C)O1. The third-order valence-electron chi connectivity index (χ3n) is 4.48. The van der Waals surface area contributed by atoms with Crippen molar-refractivity contribution in [3.05, 3.63) is 29.8 Å². The number of benzene rings is 1. The molecule has 0 unspecified atom stereocenters. The van der Waals surface area contributed by atoms with Crippen molar-refractivity contribution in [1.82, 2.24) is 10.2 Å². The normalized spacial score (nSPS) is 22.6. The predicted molar refractivity (Wildman–Crippen MR) is 97.5 cm³/mol. The van der Waals surface area contributed by atoms with Gasteiger partial charge < -0.3 is 10.1 Å². The topological polar surface area (TPSA) is 75.7 Å². The van der Waals surface area contributed by atoms with Crippen molar-refractivity contribution in [1.29, 1.82) is 0 Å². The number of hydrogen-bond acceptors (Lipinski definition) is 5. The summed E-state index contributed by atoms with van der Waals surface area (Å²) < 4.78 is 29.1. The van der Waals surface area contributed by atoms with Gasteiger partial charge in [0.1, 0.15) is 0 Å². The molecule has 2 rings (SSSR count). The number of carbonyl (C=O) groups is 1. The Morgan fingerprint density at radius 3 is 2.44 bits per heavy atom. The van der Waals surface area contributed by atoms with Crippen molar-refractivity contribution in [3.63, 3.8) is 0 Å². The molecule has 1 amide bonds. The van der Waals surface area contributed by atoms with E-state index in [0.29, 0.717) is 12.1 Å². The quantitative estimate of drug-likeness (QED) is 0.856. The van der Waals surface area contributed by atoms with Gasteiger partial charge in [0.15, 0.2) is 9.84 Å². The Hall–Kier alpha value is -1.44. The number of sulfone groups is 1. The molecule has 1 N–H and O–H groups in total. The summed E-state index contributed by atoms with van der Waals surface area (Å²) in [6.45, 7) is 10.4. The molecule has 0 saturated carbocycles. The highest BCUT2D eigenvalue weighted by Crippen LogP contribution is 2.21. The summed E-state index contributed by atoms with van der Waals surface area (Å²) >= 11 is 0. The van der Waals surface area contributed by atoms with Gasteiger partial charge in [-0.3, -0.25) is 9.69 Å². The van der Waals surface area contributed by atoms with Gasteiger partial charge in [-0.1, -0.05) is 6.07 Å². The second kappa shape index (κ2) is 7.43.